The Hall–Kier alpha value is -1.00. The van der Waals surface area contributed by atoms with Gasteiger partial charge in [-0.15, -0.1) is 0 Å². The zero-order valence-electron chi connectivity index (χ0n) is 12.8. The molecule has 0 aliphatic heterocycles. The highest BCUT2D eigenvalue weighted by Crippen LogP contribution is 2.22. The third-order valence-corrected chi connectivity index (χ3v) is 6.12. The molecule has 4 nitrogen and oxygen atoms in total. The van der Waals surface area contributed by atoms with E-state index in [0.29, 0.717) is 11.1 Å². The van der Waals surface area contributed by atoms with Gasteiger partial charge in [-0.2, -0.15) is 16.1 Å². The molecular weight excluding hydrogens is 306 g/mol. The van der Waals surface area contributed by atoms with Crippen molar-refractivity contribution in [3.63, 3.8) is 0 Å². The second kappa shape index (κ2) is 7.85. The average molecular weight is 327 g/mol. The first-order valence-electron chi connectivity index (χ1n) is 6.52. The van der Waals surface area contributed by atoms with Gasteiger partial charge in [0.15, 0.2) is 0 Å². The molecule has 0 radical (unpaired) electrons. The Morgan fingerprint density at radius 2 is 2.10 bits per heavy atom. The van der Waals surface area contributed by atoms with Gasteiger partial charge in [-0.25, -0.2) is 8.42 Å². The van der Waals surface area contributed by atoms with Crippen LogP contribution in [0.5, 0.6) is 0 Å². The van der Waals surface area contributed by atoms with E-state index in [-0.39, 0.29) is 17.5 Å². The summed E-state index contributed by atoms with van der Waals surface area (Å²) >= 11 is 1.61. The number of benzene rings is 1. The number of rotatable bonds is 5. The van der Waals surface area contributed by atoms with Gasteiger partial charge in [0.2, 0.25) is 10.0 Å². The summed E-state index contributed by atoms with van der Waals surface area (Å²) in [4.78, 5) is 0.266. The van der Waals surface area contributed by atoms with Crippen molar-refractivity contribution in [2.75, 3.05) is 25.7 Å². The molecule has 21 heavy (non-hydrogen) atoms. The fourth-order valence-electron chi connectivity index (χ4n) is 1.84. The quantitative estimate of drug-likeness (QED) is 0.837. The van der Waals surface area contributed by atoms with Gasteiger partial charge < -0.3 is 5.11 Å². The van der Waals surface area contributed by atoms with Crippen LogP contribution in [0.1, 0.15) is 18.1 Å². The van der Waals surface area contributed by atoms with Crippen LogP contribution in [-0.2, 0) is 10.0 Å². The molecule has 1 N–H and O–H groups in total. The molecular formula is C15H21NO3S2. The van der Waals surface area contributed by atoms with E-state index in [9.17, 15) is 8.42 Å². The molecule has 1 aromatic carbocycles. The van der Waals surface area contributed by atoms with Crippen LogP contribution < -0.4 is 0 Å². The second-order valence-corrected chi connectivity index (χ2v) is 7.64. The minimum absolute atomic E-state index is 0.0865. The zero-order valence-corrected chi connectivity index (χ0v) is 14.4. The SMILES string of the molecule is CSCC(C)N(C)S(=O)(=O)c1cc(C#CCO)ccc1C. The second-order valence-electron chi connectivity index (χ2n) is 4.77. The van der Waals surface area contributed by atoms with Gasteiger partial charge in [-0.3, -0.25) is 0 Å². The summed E-state index contributed by atoms with van der Waals surface area (Å²) < 4.78 is 26.8. The first-order valence-corrected chi connectivity index (χ1v) is 9.35. The van der Waals surface area contributed by atoms with Gasteiger partial charge in [-0.1, -0.05) is 17.9 Å². The Labute approximate surface area is 131 Å². The zero-order chi connectivity index (χ0) is 16.0. The monoisotopic (exact) mass is 327 g/mol. The molecule has 0 amide bonds. The van der Waals surface area contributed by atoms with Crippen molar-refractivity contribution >= 4 is 21.8 Å². The predicted octanol–water partition coefficient (Wildman–Crippen LogP) is 1.71. The first-order chi connectivity index (χ1) is 9.84. The Balaban J connectivity index is 3.24. The highest BCUT2D eigenvalue weighted by atomic mass is 32.2. The van der Waals surface area contributed by atoms with Gasteiger partial charge in [-0.05, 0) is 37.8 Å². The van der Waals surface area contributed by atoms with Crippen LogP contribution in [0.3, 0.4) is 0 Å². The summed E-state index contributed by atoms with van der Waals surface area (Å²) in [5.74, 6) is 6.00. The lowest BCUT2D eigenvalue weighted by molar-refractivity contribution is 0.350. The molecule has 0 aliphatic carbocycles. The van der Waals surface area contributed by atoms with E-state index in [1.165, 1.54) is 4.31 Å². The molecule has 1 unspecified atom stereocenters. The molecule has 1 aromatic rings. The lowest BCUT2D eigenvalue weighted by atomic mass is 10.1. The number of hydrogen-bond donors (Lipinski definition) is 1. The smallest absolute Gasteiger partial charge is 0.243 e. The van der Waals surface area contributed by atoms with E-state index in [1.807, 2.05) is 13.2 Å². The van der Waals surface area contributed by atoms with Crippen LogP contribution >= 0.6 is 11.8 Å². The van der Waals surface area contributed by atoms with Crippen molar-refractivity contribution in [3.8, 4) is 11.8 Å². The third-order valence-electron chi connectivity index (χ3n) is 3.19. The molecule has 0 saturated carbocycles. The highest BCUT2D eigenvalue weighted by molar-refractivity contribution is 7.98. The lowest BCUT2D eigenvalue weighted by Crippen LogP contribution is -2.36. The standard InChI is InChI=1S/C15H21NO3S2/c1-12-7-8-14(6-5-9-17)10-15(12)21(18,19)16(3)13(2)11-20-4/h7-8,10,13,17H,9,11H2,1-4H3. The summed E-state index contributed by atoms with van der Waals surface area (Å²) in [6.45, 7) is 3.41. The maximum atomic E-state index is 12.7. The van der Waals surface area contributed by atoms with Crippen LogP contribution in [0.4, 0.5) is 0 Å². The van der Waals surface area contributed by atoms with E-state index < -0.39 is 10.0 Å². The largest absolute Gasteiger partial charge is 0.384 e. The van der Waals surface area contributed by atoms with Crippen LogP contribution in [0.15, 0.2) is 23.1 Å². The van der Waals surface area contributed by atoms with Gasteiger partial charge in [0.05, 0.1) is 4.90 Å². The Kier molecular flexibility index (Phi) is 6.75. The number of hydrogen-bond acceptors (Lipinski definition) is 4. The van der Waals surface area contributed by atoms with Crippen LogP contribution in [-0.4, -0.2) is 49.5 Å². The van der Waals surface area contributed by atoms with E-state index in [4.69, 9.17) is 5.11 Å². The van der Waals surface area contributed by atoms with Crippen LogP contribution in [0.25, 0.3) is 0 Å². The normalized spacial score (nSPS) is 12.9. The molecule has 0 saturated heterocycles. The summed E-state index contributed by atoms with van der Waals surface area (Å²) in [6.07, 6.45) is 1.95. The van der Waals surface area contributed by atoms with Gasteiger partial charge in [0.1, 0.15) is 6.61 Å². The number of thioether (sulfide) groups is 1. The molecule has 1 rings (SSSR count). The van der Waals surface area contributed by atoms with E-state index >= 15 is 0 Å². The summed E-state index contributed by atoms with van der Waals surface area (Å²) in [5.41, 5.74) is 1.27. The van der Waals surface area contributed by atoms with E-state index in [0.717, 1.165) is 5.75 Å². The fraction of sp³-hybridized carbons (Fsp3) is 0.467. The number of nitrogens with zero attached hydrogens (tertiary/aromatic N) is 1. The van der Waals surface area contributed by atoms with Gasteiger partial charge in [0.25, 0.3) is 0 Å². The number of aliphatic hydroxyl groups is 1. The third kappa shape index (κ3) is 4.48. The number of aliphatic hydroxyl groups excluding tert-OH is 1. The maximum absolute atomic E-state index is 12.7. The topological polar surface area (TPSA) is 57.6 Å². The molecule has 1 atom stereocenters. The Morgan fingerprint density at radius 1 is 1.43 bits per heavy atom. The number of sulfonamides is 1. The molecule has 0 aromatic heterocycles. The fourth-order valence-corrected chi connectivity index (χ4v) is 4.25. The van der Waals surface area contributed by atoms with E-state index in [1.54, 1.807) is 43.9 Å². The first kappa shape index (κ1) is 18.1. The van der Waals surface area contributed by atoms with Crippen molar-refractivity contribution in [1.82, 2.24) is 4.31 Å². The van der Waals surface area contributed by atoms with Gasteiger partial charge >= 0.3 is 0 Å². The summed E-state index contributed by atoms with van der Waals surface area (Å²) in [6, 6.07) is 4.97. The van der Waals surface area contributed by atoms with Crippen LogP contribution in [0.2, 0.25) is 0 Å². The van der Waals surface area contributed by atoms with Crippen LogP contribution in [0, 0.1) is 18.8 Å². The predicted molar refractivity (Wildman–Crippen MR) is 87.9 cm³/mol. The molecule has 116 valence electrons. The van der Waals surface area contributed by atoms with Crippen molar-refractivity contribution < 1.29 is 13.5 Å². The van der Waals surface area contributed by atoms with E-state index in [2.05, 4.69) is 11.8 Å². The van der Waals surface area contributed by atoms with Crippen molar-refractivity contribution in [2.45, 2.75) is 24.8 Å². The highest BCUT2D eigenvalue weighted by Gasteiger charge is 2.26. The Bertz CT molecular complexity index is 645. The Morgan fingerprint density at radius 3 is 2.67 bits per heavy atom. The minimum atomic E-state index is -3.55. The van der Waals surface area contributed by atoms with Gasteiger partial charge in [0, 0.05) is 24.4 Å². The number of aryl methyl sites for hydroxylation is 1. The summed E-state index contributed by atoms with van der Waals surface area (Å²) in [7, 11) is -1.95. The lowest BCUT2D eigenvalue weighted by Gasteiger charge is -2.24. The van der Waals surface area contributed by atoms with Crippen molar-refractivity contribution in [1.29, 1.82) is 0 Å². The molecule has 0 bridgehead atoms. The summed E-state index contributed by atoms with van der Waals surface area (Å²) in [5, 5.41) is 8.73. The molecule has 0 aliphatic rings. The van der Waals surface area contributed by atoms with Crippen molar-refractivity contribution in [3.05, 3.63) is 29.3 Å². The maximum Gasteiger partial charge on any atom is 0.243 e. The molecule has 0 heterocycles. The average Bonchev–Trinajstić information content (AvgIpc) is 2.45. The molecule has 6 heteroatoms. The van der Waals surface area contributed by atoms with Crippen molar-refractivity contribution in [2.24, 2.45) is 0 Å². The molecule has 0 spiro atoms. The minimum Gasteiger partial charge on any atom is -0.384 e. The molecule has 0 fully saturated rings.